The molecule has 2 aliphatic rings. The van der Waals surface area contributed by atoms with Crippen LogP contribution in [0.25, 0.3) is 0 Å². The van der Waals surface area contributed by atoms with E-state index in [2.05, 4.69) is 0 Å². The fourth-order valence-electron chi connectivity index (χ4n) is 2.64. The van der Waals surface area contributed by atoms with Crippen LogP contribution in [0.5, 0.6) is 0 Å². The van der Waals surface area contributed by atoms with E-state index < -0.39 is 5.97 Å². The van der Waals surface area contributed by atoms with Crippen LogP contribution < -0.4 is 0 Å². The molecule has 1 heterocycles. The van der Waals surface area contributed by atoms with Gasteiger partial charge in [0.1, 0.15) is 0 Å². The van der Waals surface area contributed by atoms with Crippen molar-refractivity contribution < 1.29 is 14.6 Å². The maximum atomic E-state index is 10.6. The van der Waals surface area contributed by atoms with Gasteiger partial charge in [0.15, 0.2) is 0 Å². The van der Waals surface area contributed by atoms with Gasteiger partial charge in [-0.15, -0.1) is 0 Å². The van der Waals surface area contributed by atoms with Crippen molar-refractivity contribution in [2.45, 2.75) is 43.7 Å². The average molecular weight is 213 g/mol. The summed E-state index contributed by atoms with van der Waals surface area (Å²) in [5.74, 6) is -0.744. The molecule has 0 aromatic carbocycles. The minimum atomic E-state index is -0.744. The third-order valence-corrected chi connectivity index (χ3v) is 3.74. The van der Waals surface area contributed by atoms with Crippen molar-refractivity contribution in [2.24, 2.45) is 0 Å². The normalized spacial score (nSPS) is 29.1. The molecule has 1 aliphatic carbocycles. The van der Waals surface area contributed by atoms with E-state index in [0.717, 1.165) is 32.3 Å². The lowest BCUT2D eigenvalue weighted by molar-refractivity contribution is -0.153. The van der Waals surface area contributed by atoms with E-state index in [1.165, 1.54) is 6.42 Å². The Morgan fingerprint density at radius 2 is 2.33 bits per heavy atom. The van der Waals surface area contributed by atoms with Gasteiger partial charge in [-0.25, -0.2) is 0 Å². The van der Waals surface area contributed by atoms with Crippen LogP contribution in [0.4, 0.5) is 0 Å². The maximum Gasteiger partial charge on any atom is 0.317 e. The van der Waals surface area contributed by atoms with E-state index in [1.54, 1.807) is 0 Å². The standard InChI is InChI=1S/C11H19NO3/c1-12(8-10(13)14)9-3-6-15-11(7-9)4-2-5-11/h9H,2-8H2,1H3,(H,13,14). The van der Waals surface area contributed by atoms with E-state index in [4.69, 9.17) is 9.84 Å². The number of carboxylic acids is 1. The maximum absolute atomic E-state index is 10.6. The first-order valence-corrected chi connectivity index (χ1v) is 5.67. The molecule has 0 aromatic heterocycles. The van der Waals surface area contributed by atoms with Crippen LogP contribution in [0.15, 0.2) is 0 Å². The fraction of sp³-hybridized carbons (Fsp3) is 0.909. The zero-order valence-electron chi connectivity index (χ0n) is 9.24. The second-order valence-corrected chi connectivity index (χ2v) is 4.84. The van der Waals surface area contributed by atoms with E-state index >= 15 is 0 Å². The van der Waals surface area contributed by atoms with Crippen molar-refractivity contribution in [1.29, 1.82) is 0 Å². The first-order chi connectivity index (χ1) is 7.11. The summed E-state index contributed by atoms with van der Waals surface area (Å²) in [7, 11) is 1.90. The lowest BCUT2D eigenvalue weighted by atomic mass is 9.73. The monoisotopic (exact) mass is 213 g/mol. The molecule has 0 radical (unpaired) electrons. The minimum absolute atomic E-state index is 0.107. The Kier molecular flexibility index (Phi) is 2.98. The molecule has 4 heteroatoms. The Morgan fingerprint density at radius 3 is 2.87 bits per heavy atom. The molecular weight excluding hydrogens is 194 g/mol. The number of hydrogen-bond donors (Lipinski definition) is 1. The van der Waals surface area contributed by atoms with Crippen molar-refractivity contribution in [3.63, 3.8) is 0 Å². The SMILES string of the molecule is CN(CC(=O)O)C1CCOC2(CCC2)C1. The number of rotatable bonds is 3. The van der Waals surface area contributed by atoms with Gasteiger partial charge in [-0.3, -0.25) is 9.69 Å². The highest BCUT2D eigenvalue weighted by molar-refractivity contribution is 5.69. The van der Waals surface area contributed by atoms with Crippen LogP contribution in [0, 0.1) is 0 Å². The molecule has 1 aliphatic heterocycles. The molecule has 4 nitrogen and oxygen atoms in total. The first-order valence-electron chi connectivity index (χ1n) is 5.67. The summed E-state index contributed by atoms with van der Waals surface area (Å²) in [6, 6.07) is 0.384. The van der Waals surface area contributed by atoms with Gasteiger partial charge >= 0.3 is 5.97 Å². The second kappa shape index (κ2) is 4.10. The van der Waals surface area contributed by atoms with Gasteiger partial charge in [0.05, 0.1) is 12.1 Å². The van der Waals surface area contributed by atoms with E-state index in [1.807, 2.05) is 11.9 Å². The van der Waals surface area contributed by atoms with E-state index in [0.29, 0.717) is 6.04 Å². The smallest absolute Gasteiger partial charge is 0.317 e. The second-order valence-electron chi connectivity index (χ2n) is 4.84. The summed E-state index contributed by atoms with van der Waals surface area (Å²) in [5, 5.41) is 8.74. The van der Waals surface area contributed by atoms with E-state index in [9.17, 15) is 4.79 Å². The lowest BCUT2D eigenvalue weighted by Crippen LogP contribution is -2.52. The number of carboxylic acid groups (broad SMARTS) is 1. The molecule has 1 atom stereocenters. The number of aliphatic carboxylic acids is 1. The van der Waals surface area contributed by atoms with Gasteiger partial charge in [0.2, 0.25) is 0 Å². The number of carbonyl (C=O) groups is 1. The molecule has 1 N–H and O–H groups in total. The molecule has 0 aromatic rings. The van der Waals surface area contributed by atoms with Crippen molar-refractivity contribution >= 4 is 5.97 Å². The molecule has 1 saturated heterocycles. The van der Waals surface area contributed by atoms with Gasteiger partial charge in [0.25, 0.3) is 0 Å². The molecule has 1 unspecified atom stereocenters. The quantitative estimate of drug-likeness (QED) is 0.763. The fourth-order valence-corrected chi connectivity index (χ4v) is 2.64. The predicted molar refractivity (Wildman–Crippen MR) is 55.8 cm³/mol. The molecule has 0 amide bonds. The third-order valence-electron chi connectivity index (χ3n) is 3.74. The van der Waals surface area contributed by atoms with Crippen LogP contribution in [0.1, 0.15) is 32.1 Å². The summed E-state index contributed by atoms with van der Waals surface area (Å²) >= 11 is 0. The zero-order valence-corrected chi connectivity index (χ0v) is 9.24. The summed E-state index contributed by atoms with van der Waals surface area (Å²) < 4.78 is 5.81. The number of likely N-dealkylation sites (N-methyl/N-ethyl adjacent to an activating group) is 1. The molecule has 2 fully saturated rings. The predicted octanol–water partition coefficient (Wildman–Crippen LogP) is 1.10. The molecule has 15 heavy (non-hydrogen) atoms. The Bertz CT molecular complexity index is 250. The topological polar surface area (TPSA) is 49.8 Å². The summed E-state index contributed by atoms with van der Waals surface area (Å²) in [6.45, 7) is 0.926. The van der Waals surface area contributed by atoms with Gasteiger partial charge in [0, 0.05) is 12.6 Å². The number of hydrogen-bond acceptors (Lipinski definition) is 3. The zero-order chi connectivity index (χ0) is 10.9. The van der Waals surface area contributed by atoms with Gasteiger partial charge in [-0.05, 0) is 39.2 Å². The van der Waals surface area contributed by atoms with E-state index in [-0.39, 0.29) is 12.1 Å². The summed E-state index contributed by atoms with van der Waals surface area (Å²) in [5.41, 5.74) is 0.107. The van der Waals surface area contributed by atoms with Crippen LogP contribution in [-0.4, -0.2) is 47.8 Å². The minimum Gasteiger partial charge on any atom is -0.480 e. The molecule has 2 rings (SSSR count). The Labute approximate surface area is 90.2 Å². The highest BCUT2D eigenvalue weighted by atomic mass is 16.5. The highest BCUT2D eigenvalue weighted by Gasteiger charge is 2.43. The van der Waals surface area contributed by atoms with Crippen LogP contribution in [0.2, 0.25) is 0 Å². The van der Waals surface area contributed by atoms with Crippen LogP contribution in [-0.2, 0) is 9.53 Å². The average Bonchev–Trinajstić information content (AvgIpc) is 2.14. The molecule has 86 valence electrons. The van der Waals surface area contributed by atoms with Gasteiger partial charge in [-0.2, -0.15) is 0 Å². The summed E-state index contributed by atoms with van der Waals surface area (Å²) in [6.07, 6.45) is 5.55. The highest BCUT2D eigenvalue weighted by Crippen LogP contribution is 2.43. The van der Waals surface area contributed by atoms with Crippen molar-refractivity contribution in [2.75, 3.05) is 20.2 Å². The molecule has 1 spiro atoms. The summed E-state index contributed by atoms with van der Waals surface area (Å²) in [4.78, 5) is 12.6. The third kappa shape index (κ3) is 2.32. The van der Waals surface area contributed by atoms with Crippen LogP contribution in [0.3, 0.4) is 0 Å². The van der Waals surface area contributed by atoms with Crippen LogP contribution >= 0.6 is 0 Å². The van der Waals surface area contributed by atoms with Gasteiger partial charge in [-0.1, -0.05) is 0 Å². The van der Waals surface area contributed by atoms with Crippen molar-refractivity contribution in [3.05, 3.63) is 0 Å². The molecule has 0 bridgehead atoms. The Balaban J connectivity index is 1.89. The number of ether oxygens (including phenoxy) is 1. The molecule has 1 saturated carbocycles. The number of nitrogens with zero attached hydrogens (tertiary/aromatic N) is 1. The Hall–Kier alpha value is -0.610. The molecular formula is C11H19NO3. The lowest BCUT2D eigenvalue weighted by Gasteiger charge is -2.48. The van der Waals surface area contributed by atoms with Gasteiger partial charge < -0.3 is 9.84 Å². The largest absolute Gasteiger partial charge is 0.480 e. The Morgan fingerprint density at radius 1 is 1.60 bits per heavy atom. The van der Waals surface area contributed by atoms with Crippen molar-refractivity contribution in [1.82, 2.24) is 4.90 Å². The first kappa shape index (κ1) is 10.9. The van der Waals surface area contributed by atoms with Crippen molar-refractivity contribution in [3.8, 4) is 0 Å².